The van der Waals surface area contributed by atoms with Gasteiger partial charge >= 0.3 is 0 Å². The molecule has 0 radical (unpaired) electrons. The molecule has 1 amide bonds. The zero-order valence-electron chi connectivity index (χ0n) is 13.5. The SMILES string of the molecule is COC1=CCC2=C(CCN(C=O)[C@H]2Cc2cc(O)c(O)cc2F)C1. The van der Waals surface area contributed by atoms with Crippen molar-refractivity contribution >= 4 is 6.41 Å². The second kappa shape index (κ2) is 6.55. The summed E-state index contributed by atoms with van der Waals surface area (Å²) in [6, 6.07) is 1.87. The van der Waals surface area contributed by atoms with Crippen LogP contribution in [0.4, 0.5) is 4.39 Å². The van der Waals surface area contributed by atoms with E-state index in [-0.39, 0.29) is 23.8 Å². The molecule has 0 spiro atoms. The van der Waals surface area contributed by atoms with Gasteiger partial charge in [0, 0.05) is 19.0 Å². The van der Waals surface area contributed by atoms with E-state index in [1.54, 1.807) is 12.0 Å². The van der Waals surface area contributed by atoms with Crippen LogP contribution in [0.1, 0.15) is 24.8 Å². The van der Waals surface area contributed by atoms with Crippen molar-refractivity contribution in [3.8, 4) is 11.5 Å². The van der Waals surface area contributed by atoms with Crippen LogP contribution in [0.25, 0.3) is 0 Å². The van der Waals surface area contributed by atoms with Crippen LogP contribution in [0.3, 0.4) is 0 Å². The van der Waals surface area contributed by atoms with E-state index < -0.39 is 11.6 Å². The normalized spacial score (nSPS) is 20.5. The van der Waals surface area contributed by atoms with E-state index in [0.29, 0.717) is 13.0 Å². The number of carbonyl (C=O) groups excluding carboxylic acids is 1. The van der Waals surface area contributed by atoms with Gasteiger partial charge in [-0.15, -0.1) is 0 Å². The number of aromatic hydroxyl groups is 2. The van der Waals surface area contributed by atoms with E-state index in [0.717, 1.165) is 36.7 Å². The number of methoxy groups -OCH3 is 1. The predicted molar refractivity (Wildman–Crippen MR) is 86.0 cm³/mol. The summed E-state index contributed by atoms with van der Waals surface area (Å²) < 4.78 is 19.4. The number of carbonyl (C=O) groups is 1. The molecule has 5 nitrogen and oxygen atoms in total. The smallest absolute Gasteiger partial charge is 0.210 e. The molecule has 0 fully saturated rings. The van der Waals surface area contributed by atoms with Crippen molar-refractivity contribution in [1.82, 2.24) is 4.90 Å². The summed E-state index contributed by atoms with van der Waals surface area (Å²) in [5.41, 5.74) is 2.62. The maximum absolute atomic E-state index is 14.1. The second-order valence-electron chi connectivity index (χ2n) is 6.13. The highest BCUT2D eigenvalue weighted by Crippen LogP contribution is 2.37. The van der Waals surface area contributed by atoms with E-state index >= 15 is 0 Å². The first kappa shape index (κ1) is 16.4. The van der Waals surface area contributed by atoms with E-state index in [1.807, 2.05) is 6.08 Å². The lowest BCUT2D eigenvalue weighted by Gasteiger charge is -2.38. The monoisotopic (exact) mass is 333 g/mol. The Kier molecular flexibility index (Phi) is 4.46. The average Bonchev–Trinajstić information content (AvgIpc) is 2.59. The molecule has 128 valence electrons. The molecule has 1 aliphatic heterocycles. The quantitative estimate of drug-likeness (QED) is 0.505. The maximum atomic E-state index is 14.1. The summed E-state index contributed by atoms with van der Waals surface area (Å²) >= 11 is 0. The molecule has 1 aromatic carbocycles. The molecule has 1 atom stereocenters. The third-order valence-electron chi connectivity index (χ3n) is 4.82. The van der Waals surface area contributed by atoms with Crippen LogP contribution in [0, 0.1) is 5.82 Å². The number of phenols is 2. The van der Waals surface area contributed by atoms with E-state index in [4.69, 9.17) is 4.74 Å². The van der Waals surface area contributed by atoms with E-state index in [2.05, 4.69) is 0 Å². The van der Waals surface area contributed by atoms with Gasteiger partial charge in [-0.05, 0) is 42.5 Å². The molecule has 0 unspecified atom stereocenters. The number of halogens is 1. The highest BCUT2D eigenvalue weighted by molar-refractivity contribution is 5.52. The summed E-state index contributed by atoms with van der Waals surface area (Å²) in [5.74, 6) is -0.523. The van der Waals surface area contributed by atoms with Crippen LogP contribution < -0.4 is 0 Å². The Morgan fingerprint density at radius 1 is 1.38 bits per heavy atom. The van der Waals surface area contributed by atoms with Crippen molar-refractivity contribution < 1.29 is 24.1 Å². The Morgan fingerprint density at radius 3 is 2.83 bits per heavy atom. The van der Waals surface area contributed by atoms with Crippen LogP contribution in [0.5, 0.6) is 11.5 Å². The Balaban J connectivity index is 1.92. The van der Waals surface area contributed by atoms with Crippen LogP contribution >= 0.6 is 0 Å². The molecule has 0 saturated carbocycles. The van der Waals surface area contributed by atoms with Gasteiger partial charge in [0.05, 0.1) is 18.9 Å². The van der Waals surface area contributed by atoms with Gasteiger partial charge < -0.3 is 19.8 Å². The summed E-state index contributed by atoms with van der Waals surface area (Å²) in [4.78, 5) is 13.1. The van der Waals surface area contributed by atoms with Crippen LogP contribution in [0.15, 0.2) is 35.1 Å². The number of hydrogen-bond acceptors (Lipinski definition) is 4. The fraction of sp³-hybridized carbons (Fsp3) is 0.389. The molecule has 3 rings (SSSR count). The lowest BCUT2D eigenvalue weighted by Crippen LogP contribution is -2.42. The minimum Gasteiger partial charge on any atom is -0.504 e. The van der Waals surface area contributed by atoms with Crippen molar-refractivity contribution in [2.24, 2.45) is 0 Å². The summed E-state index contributed by atoms with van der Waals surface area (Å²) in [6.45, 7) is 0.579. The number of rotatable bonds is 4. The van der Waals surface area contributed by atoms with Gasteiger partial charge in [-0.25, -0.2) is 4.39 Å². The first-order chi connectivity index (χ1) is 11.5. The molecule has 0 saturated heterocycles. The number of nitrogens with zero attached hydrogens (tertiary/aromatic N) is 1. The minimum atomic E-state index is -0.590. The molecule has 1 aromatic rings. The highest BCUT2D eigenvalue weighted by Gasteiger charge is 2.31. The van der Waals surface area contributed by atoms with Gasteiger partial charge in [0.1, 0.15) is 5.82 Å². The minimum absolute atomic E-state index is 0.251. The summed E-state index contributed by atoms with van der Waals surface area (Å²) in [7, 11) is 1.64. The number of phenolic OH excluding ortho intramolecular Hbond substituents is 2. The molecule has 6 heteroatoms. The van der Waals surface area contributed by atoms with Crippen LogP contribution in [0.2, 0.25) is 0 Å². The first-order valence-electron chi connectivity index (χ1n) is 7.88. The van der Waals surface area contributed by atoms with E-state index in [1.165, 1.54) is 11.6 Å². The number of amides is 1. The molecule has 1 heterocycles. The molecular weight excluding hydrogens is 313 g/mol. The maximum Gasteiger partial charge on any atom is 0.210 e. The number of hydrogen-bond donors (Lipinski definition) is 2. The average molecular weight is 333 g/mol. The molecule has 0 bridgehead atoms. The van der Waals surface area contributed by atoms with Gasteiger partial charge in [0.25, 0.3) is 0 Å². The fourth-order valence-electron chi connectivity index (χ4n) is 3.49. The van der Waals surface area contributed by atoms with Gasteiger partial charge in [-0.1, -0.05) is 5.57 Å². The molecule has 1 aliphatic carbocycles. The largest absolute Gasteiger partial charge is 0.504 e. The van der Waals surface area contributed by atoms with E-state index in [9.17, 15) is 19.4 Å². The number of allylic oxidation sites excluding steroid dienone is 2. The van der Waals surface area contributed by atoms with Gasteiger partial charge in [0.2, 0.25) is 6.41 Å². The van der Waals surface area contributed by atoms with Crippen molar-refractivity contribution in [2.45, 2.75) is 31.7 Å². The zero-order chi connectivity index (χ0) is 17.3. The third-order valence-corrected chi connectivity index (χ3v) is 4.82. The van der Waals surface area contributed by atoms with Crippen molar-refractivity contribution in [3.63, 3.8) is 0 Å². The number of ether oxygens (including phenoxy) is 1. The molecular formula is C18H20FNO4. The lowest BCUT2D eigenvalue weighted by molar-refractivity contribution is -0.119. The van der Waals surface area contributed by atoms with Gasteiger partial charge in [-0.2, -0.15) is 0 Å². The zero-order valence-corrected chi connectivity index (χ0v) is 13.5. The fourth-order valence-corrected chi connectivity index (χ4v) is 3.49. The third kappa shape index (κ3) is 2.96. The second-order valence-corrected chi connectivity index (χ2v) is 6.13. The first-order valence-corrected chi connectivity index (χ1v) is 7.88. The lowest BCUT2D eigenvalue weighted by atomic mass is 9.82. The predicted octanol–water partition coefficient (Wildman–Crippen LogP) is 2.63. The van der Waals surface area contributed by atoms with Crippen molar-refractivity contribution in [2.75, 3.05) is 13.7 Å². The molecule has 24 heavy (non-hydrogen) atoms. The van der Waals surface area contributed by atoms with Crippen molar-refractivity contribution in [3.05, 3.63) is 46.5 Å². The topological polar surface area (TPSA) is 70.0 Å². The highest BCUT2D eigenvalue weighted by atomic mass is 19.1. The Labute approximate surface area is 139 Å². The summed E-state index contributed by atoms with van der Waals surface area (Å²) in [5, 5.41) is 19.0. The van der Waals surface area contributed by atoms with Gasteiger partial charge in [0.15, 0.2) is 11.5 Å². The van der Waals surface area contributed by atoms with Crippen LogP contribution in [-0.2, 0) is 16.0 Å². The Bertz CT molecular complexity index is 726. The standard InChI is InChI=1S/C18H20FNO4/c1-24-13-2-3-14-11(6-13)4-5-20(10-21)16(14)7-12-8-17(22)18(23)9-15(12)19/h2,8-10,16,22-23H,3-7H2,1H3/t16-/m0/s1. The Morgan fingerprint density at radius 2 is 2.12 bits per heavy atom. The molecule has 2 N–H and O–H groups in total. The summed E-state index contributed by atoms with van der Waals surface area (Å²) in [6.07, 6.45) is 5.21. The molecule has 0 aromatic heterocycles. The van der Waals surface area contributed by atoms with Gasteiger partial charge in [-0.3, -0.25) is 4.79 Å². The molecule has 2 aliphatic rings. The van der Waals surface area contributed by atoms with Crippen LogP contribution in [-0.4, -0.2) is 41.2 Å². The Hall–Kier alpha value is -2.50. The number of benzene rings is 1. The van der Waals surface area contributed by atoms with Crippen molar-refractivity contribution in [1.29, 1.82) is 0 Å².